The van der Waals surface area contributed by atoms with Crippen LogP contribution in [-0.2, 0) is 30.9 Å². The van der Waals surface area contributed by atoms with Crippen LogP contribution in [0.3, 0.4) is 0 Å². The minimum atomic E-state index is -4.10. The Balaban J connectivity index is 1.70. The van der Waals surface area contributed by atoms with Gasteiger partial charge in [0.25, 0.3) is 0 Å². The molecule has 4 rings (SSSR count). The summed E-state index contributed by atoms with van der Waals surface area (Å²) < 4.78 is 38.9. The molecular weight excluding hydrogens is 539 g/mol. The summed E-state index contributed by atoms with van der Waals surface area (Å²) in [7, 11) is -2.87. The predicted octanol–water partition coefficient (Wildman–Crippen LogP) is 4.46. The van der Waals surface area contributed by atoms with Crippen molar-refractivity contribution >= 4 is 50.8 Å². The van der Waals surface area contributed by atoms with Crippen molar-refractivity contribution in [2.75, 3.05) is 25.1 Å². The number of halogens is 2. The maximum atomic E-state index is 13.7. The second kappa shape index (κ2) is 11.1. The van der Waals surface area contributed by atoms with Crippen LogP contribution in [0.15, 0.2) is 71.6 Å². The van der Waals surface area contributed by atoms with Gasteiger partial charge in [0.05, 0.1) is 40.8 Å². The van der Waals surface area contributed by atoms with Crippen LogP contribution >= 0.6 is 23.2 Å². The Hall–Kier alpha value is -3.11. The first-order valence-corrected chi connectivity index (χ1v) is 13.4. The number of sulfonamides is 1. The number of anilines is 1. The lowest BCUT2D eigenvalue weighted by Crippen LogP contribution is -2.50. The Morgan fingerprint density at radius 1 is 1.05 bits per heavy atom. The molecule has 0 fully saturated rings. The standard InChI is InChI=1S/C26H24Cl2N2O6S/c1-17-7-10-19(11-8-17)37(33,34)29(14-18-9-12-20(27)21(28)13-18)16-25(31)30-15-24(26(32)35-2)36-23-6-4-3-5-22(23)30/h3-13,24H,14-16H2,1-2H3/t24-/m1/s1. The largest absolute Gasteiger partial charge is 0.475 e. The van der Waals surface area contributed by atoms with E-state index < -0.39 is 34.5 Å². The summed E-state index contributed by atoms with van der Waals surface area (Å²) in [6.45, 7) is 1.08. The van der Waals surface area contributed by atoms with Crippen LogP contribution in [-0.4, -0.2) is 50.9 Å². The van der Waals surface area contributed by atoms with Crippen molar-refractivity contribution < 1.29 is 27.5 Å². The third kappa shape index (κ3) is 5.91. The second-order valence-corrected chi connectivity index (χ2v) is 11.2. The number of hydrogen-bond acceptors (Lipinski definition) is 6. The number of para-hydroxylation sites is 2. The van der Waals surface area contributed by atoms with Gasteiger partial charge in [0.15, 0.2) is 0 Å². The normalized spacial score (nSPS) is 15.2. The highest BCUT2D eigenvalue weighted by Gasteiger charge is 2.36. The summed E-state index contributed by atoms with van der Waals surface area (Å²) in [5, 5.41) is 0.592. The van der Waals surface area contributed by atoms with E-state index in [2.05, 4.69) is 0 Å². The van der Waals surface area contributed by atoms with Crippen molar-refractivity contribution in [3.63, 3.8) is 0 Å². The molecule has 0 unspecified atom stereocenters. The van der Waals surface area contributed by atoms with E-state index in [0.29, 0.717) is 22.0 Å². The average Bonchev–Trinajstić information content (AvgIpc) is 2.89. The predicted molar refractivity (Wildman–Crippen MR) is 140 cm³/mol. The SMILES string of the molecule is COC(=O)[C@H]1CN(C(=O)CN(Cc2ccc(Cl)c(Cl)c2)S(=O)(=O)c2ccc(C)cc2)c2ccccc2O1. The van der Waals surface area contributed by atoms with E-state index in [-0.39, 0.29) is 23.0 Å². The number of methoxy groups -OCH3 is 1. The van der Waals surface area contributed by atoms with Gasteiger partial charge in [0, 0.05) is 6.54 Å². The van der Waals surface area contributed by atoms with Gasteiger partial charge in [-0.15, -0.1) is 0 Å². The van der Waals surface area contributed by atoms with Crippen molar-refractivity contribution in [2.45, 2.75) is 24.5 Å². The van der Waals surface area contributed by atoms with E-state index in [9.17, 15) is 18.0 Å². The lowest BCUT2D eigenvalue weighted by molar-refractivity contribution is -0.148. The van der Waals surface area contributed by atoms with Crippen molar-refractivity contribution in [3.05, 3.63) is 87.9 Å². The highest BCUT2D eigenvalue weighted by Crippen LogP contribution is 2.34. The molecule has 1 aliphatic rings. The van der Waals surface area contributed by atoms with E-state index in [1.165, 1.54) is 24.1 Å². The molecule has 0 spiro atoms. The molecule has 3 aromatic rings. The monoisotopic (exact) mass is 562 g/mol. The van der Waals surface area contributed by atoms with E-state index in [1.54, 1.807) is 54.6 Å². The second-order valence-electron chi connectivity index (χ2n) is 8.44. The van der Waals surface area contributed by atoms with Gasteiger partial charge in [-0.2, -0.15) is 4.31 Å². The Labute approximate surface area is 225 Å². The number of ether oxygens (including phenoxy) is 2. The molecule has 3 aromatic carbocycles. The third-order valence-corrected chi connectivity index (χ3v) is 8.40. The Morgan fingerprint density at radius 3 is 2.43 bits per heavy atom. The molecule has 0 saturated heterocycles. The molecule has 0 bridgehead atoms. The number of carbonyl (C=O) groups excluding carboxylic acids is 2. The molecule has 0 N–H and O–H groups in total. The van der Waals surface area contributed by atoms with Gasteiger partial charge in [0.2, 0.25) is 22.0 Å². The highest BCUT2D eigenvalue weighted by atomic mass is 35.5. The molecule has 8 nitrogen and oxygen atoms in total. The fourth-order valence-corrected chi connectivity index (χ4v) is 5.59. The number of rotatable bonds is 7. The molecule has 194 valence electrons. The van der Waals surface area contributed by atoms with E-state index in [4.69, 9.17) is 32.7 Å². The van der Waals surface area contributed by atoms with E-state index in [1.807, 2.05) is 6.92 Å². The van der Waals surface area contributed by atoms with Crippen LogP contribution in [0.25, 0.3) is 0 Å². The van der Waals surface area contributed by atoms with Crippen LogP contribution in [0, 0.1) is 6.92 Å². The number of esters is 1. The van der Waals surface area contributed by atoms with Crippen molar-refractivity contribution in [1.82, 2.24) is 4.31 Å². The summed E-state index contributed by atoms with van der Waals surface area (Å²) in [4.78, 5) is 27.2. The van der Waals surface area contributed by atoms with E-state index in [0.717, 1.165) is 9.87 Å². The summed E-state index contributed by atoms with van der Waals surface area (Å²) in [5.41, 5.74) is 1.87. The molecule has 11 heteroatoms. The maximum Gasteiger partial charge on any atom is 0.348 e. The van der Waals surface area contributed by atoms with Crippen LogP contribution in [0.2, 0.25) is 10.0 Å². The Bertz CT molecular complexity index is 1430. The molecule has 0 aliphatic carbocycles. The number of carbonyl (C=O) groups is 2. The minimum Gasteiger partial charge on any atom is -0.475 e. The number of nitrogens with zero attached hydrogens (tertiary/aromatic N) is 2. The first-order valence-electron chi connectivity index (χ1n) is 11.2. The molecule has 1 aliphatic heterocycles. The maximum absolute atomic E-state index is 13.7. The number of amides is 1. The van der Waals surface area contributed by atoms with Gasteiger partial charge in [0.1, 0.15) is 5.75 Å². The van der Waals surface area contributed by atoms with Crippen LogP contribution < -0.4 is 9.64 Å². The fourth-order valence-electron chi connectivity index (χ4n) is 3.89. The number of benzene rings is 3. The zero-order valence-corrected chi connectivity index (χ0v) is 22.4. The minimum absolute atomic E-state index is 0.0424. The average molecular weight is 563 g/mol. The Morgan fingerprint density at radius 2 is 1.76 bits per heavy atom. The van der Waals surface area contributed by atoms with Crippen molar-refractivity contribution in [1.29, 1.82) is 0 Å². The first kappa shape index (κ1) is 26.9. The zero-order chi connectivity index (χ0) is 26.7. The van der Waals surface area contributed by atoms with Gasteiger partial charge in [-0.1, -0.05) is 59.1 Å². The summed E-state index contributed by atoms with van der Waals surface area (Å²) in [6.07, 6.45) is -1.05. The van der Waals surface area contributed by atoms with Gasteiger partial charge in [-0.3, -0.25) is 4.79 Å². The highest BCUT2D eigenvalue weighted by molar-refractivity contribution is 7.89. The summed E-state index contributed by atoms with van der Waals surface area (Å²) >= 11 is 12.2. The van der Waals surface area contributed by atoms with Gasteiger partial charge in [-0.05, 0) is 48.9 Å². The lowest BCUT2D eigenvalue weighted by atomic mass is 10.2. The molecule has 1 heterocycles. The lowest BCUT2D eigenvalue weighted by Gasteiger charge is -2.34. The molecular formula is C26H24Cl2N2O6S. The van der Waals surface area contributed by atoms with Gasteiger partial charge < -0.3 is 14.4 Å². The van der Waals surface area contributed by atoms with Crippen molar-refractivity contribution in [2.24, 2.45) is 0 Å². The quantitative estimate of drug-likeness (QED) is 0.395. The number of fused-ring (bicyclic) bond motifs is 1. The van der Waals surface area contributed by atoms with Gasteiger partial charge in [-0.25, -0.2) is 13.2 Å². The topological polar surface area (TPSA) is 93.2 Å². The smallest absolute Gasteiger partial charge is 0.348 e. The number of aryl methyl sites for hydroxylation is 1. The first-order chi connectivity index (χ1) is 17.6. The van der Waals surface area contributed by atoms with E-state index >= 15 is 0 Å². The third-order valence-electron chi connectivity index (χ3n) is 5.85. The molecule has 0 radical (unpaired) electrons. The van der Waals surface area contributed by atoms with Gasteiger partial charge >= 0.3 is 5.97 Å². The van der Waals surface area contributed by atoms with Crippen LogP contribution in [0.1, 0.15) is 11.1 Å². The van der Waals surface area contributed by atoms with Crippen molar-refractivity contribution in [3.8, 4) is 5.75 Å². The molecule has 0 aromatic heterocycles. The fraction of sp³-hybridized carbons (Fsp3) is 0.231. The molecule has 1 atom stereocenters. The summed E-state index contributed by atoms with van der Waals surface area (Å²) in [5.74, 6) is -0.873. The summed E-state index contributed by atoms with van der Waals surface area (Å²) in [6, 6.07) is 17.9. The molecule has 37 heavy (non-hydrogen) atoms. The van der Waals surface area contributed by atoms with Crippen LogP contribution in [0.5, 0.6) is 5.75 Å². The molecule has 0 saturated carbocycles. The zero-order valence-electron chi connectivity index (χ0n) is 20.1. The van der Waals surface area contributed by atoms with Crippen LogP contribution in [0.4, 0.5) is 5.69 Å². The molecule has 1 amide bonds. The Kier molecular flexibility index (Phi) is 8.08. The number of hydrogen-bond donors (Lipinski definition) is 0.